The van der Waals surface area contributed by atoms with Gasteiger partial charge in [-0.3, -0.25) is 24.8 Å². The number of amides is 3. The molecule has 0 bridgehead atoms. The first-order valence-corrected chi connectivity index (χ1v) is 11.0. The maximum absolute atomic E-state index is 14.8. The highest BCUT2D eigenvalue weighted by molar-refractivity contribution is 6.10. The maximum Gasteiger partial charge on any atom is 0.257 e. The number of aromatic amines is 1. The van der Waals surface area contributed by atoms with Crippen LogP contribution in [0, 0.1) is 5.82 Å². The molecule has 11 nitrogen and oxygen atoms in total. The van der Waals surface area contributed by atoms with E-state index in [9.17, 15) is 18.8 Å². The van der Waals surface area contributed by atoms with Gasteiger partial charge in [-0.25, -0.2) is 9.37 Å². The molecule has 36 heavy (non-hydrogen) atoms. The molecule has 1 atom stereocenters. The molecule has 3 aromatic heterocycles. The van der Waals surface area contributed by atoms with Crippen LogP contribution in [0.5, 0.6) is 5.75 Å². The van der Waals surface area contributed by atoms with Crippen LogP contribution in [-0.4, -0.2) is 51.5 Å². The highest BCUT2D eigenvalue weighted by Gasteiger charge is 2.53. The maximum atomic E-state index is 14.8. The fraction of sp³-hybridized carbons (Fsp3) is 0.208. The van der Waals surface area contributed by atoms with Gasteiger partial charge in [0.05, 0.1) is 31.0 Å². The van der Waals surface area contributed by atoms with Crippen molar-refractivity contribution < 1.29 is 27.9 Å². The van der Waals surface area contributed by atoms with Crippen LogP contribution < -0.4 is 15.4 Å². The number of pyridine rings is 1. The number of carbonyl (C=O) groups is 3. The van der Waals surface area contributed by atoms with Crippen LogP contribution in [0.4, 0.5) is 15.9 Å². The molecule has 0 unspecified atom stereocenters. The Morgan fingerprint density at radius 1 is 1.25 bits per heavy atom. The summed E-state index contributed by atoms with van der Waals surface area (Å²) < 4.78 is 25.8. The van der Waals surface area contributed by atoms with Crippen LogP contribution in [0.3, 0.4) is 0 Å². The fourth-order valence-electron chi connectivity index (χ4n) is 4.75. The smallest absolute Gasteiger partial charge is 0.257 e. The second-order valence-electron chi connectivity index (χ2n) is 8.72. The van der Waals surface area contributed by atoms with E-state index in [1.54, 1.807) is 36.7 Å². The number of fused-ring (bicyclic) bond motifs is 2. The summed E-state index contributed by atoms with van der Waals surface area (Å²) in [5.41, 5.74) is 0.445. The first-order valence-electron chi connectivity index (χ1n) is 11.0. The summed E-state index contributed by atoms with van der Waals surface area (Å²) in [6, 6.07) is 8.04. The number of rotatable bonds is 6. The molecule has 0 radical (unpaired) electrons. The highest BCUT2D eigenvalue weighted by Crippen LogP contribution is 2.39. The highest BCUT2D eigenvalue weighted by atomic mass is 19.1. The predicted molar refractivity (Wildman–Crippen MR) is 123 cm³/mol. The van der Waals surface area contributed by atoms with Gasteiger partial charge < -0.3 is 19.4 Å². The average molecular weight is 490 g/mol. The zero-order valence-electron chi connectivity index (χ0n) is 18.9. The second kappa shape index (κ2) is 7.90. The first kappa shape index (κ1) is 21.8. The van der Waals surface area contributed by atoms with E-state index >= 15 is 0 Å². The molecule has 6 rings (SSSR count). The third-order valence-electron chi connectivity index (χ3n) is 6.50. The Morgan fingerprint density at radius 2 is 2.11 bits per heavy atom. The number of hydrogen-bond acceptors (Lipinski definition) is 8. The molecular weight excluding hydrogens is 471 g/mol. The van der Waals surface area contributed by atoms with Crippen molar-refractivity contribution in [3.63, 3.8) is 0 Å². The van der Waals surface area contributed by atoms with Gasteiger partial charge in [-0.05, 0) is 23.8 Å². The topological polar surface area (TPSA) is 142 Å². The summed E-state index contributed by atoms with van der Waals surface area (Å²) in [6.45, 7) is -0.102. The Morgan fingerprint density at radius 3 is 2.83 bits per heavy atom. The van der Waals surface area contributed by atoms with Gasteiger partial charge >= 0.3 is 0 Å². The molecule has 182 valence electrons. The van der Waals surface area contributed by atoms with Crippen molar-refractivity contribution in [2.75, 3.05) is 19.0 Å². The van der Waals surface area contributed by atoms with Crippen molar-refractivity contribution in [3.8, 4) is 5.75 Å². The number of halogens is 1. The Bertz CT molecular complexity index is 1550. The van der Waals surface area contributed by atoms with Crippen LogP contribution in [0.1, 0.15) is 28.1 Å². The van der Waals surface area contributed by atoms with Gasteiger partial charge in [0.15, 0.2) is 17.1 Å². The Hall–Kier alpha value is -4.74. The number of nitrogens with one attached hydrogen (secondary N) is 3. The van der Waals surface area contributed by atoms with Crippen LogP contribution in [0.25, 0.3) is 11.1 Å². The van der Waals surface area contributed by atoms with E-state index in [1.165, 1.54) is 18.1 Å². The molecule has 3 amide bonds. The van der Waals surface area contributed by atoms with Crippen LogP contribution in [-0.2, 0) is 21.5 Å². The van der Waals surface area contributed by atoms with Crippen molar-refractivity contribution in [1.29, 1.82) is 0 Å². The number of H-pyrrole nitrogens is 1. The van der Waals surface area contributed by atoms with Gasteiger partial charge in [0.25, 0.3) is 5.91 Å². The minimum Gasteiger partial charge on any atom is -0.494 e. The summed E-state index contributed by atoms with van der Waals surface area (Å²) in [5, 5.41) is 12.0. The van der Waals surface area contributed by atoms with E-state index in [2.05, 4.69) is 25.8 Å². The molecule has 1 saturated heterocycles. The number of hydrogen-bond donors (Lipinski definition) is 3. The Kier molecular flexibility index (Phi) is 4.78. The molecule has 5 heterocycles. The van der Waals surface area contributed by atoms with E-state index in [0.29, 0.717) is 28.2 Å². The molecule has 1 aromatic carbocycles. The monoisotopic (exact) mass is 490 g/mol. The molecule has 3 N–H and O–H groups in total. The third-order valence-corrected chi connectivity index (χ3v) is 6.50. The number of carbonyl (C=O) groups excluding carboxylic acids is 3. The van der Waals surface area contributed by atoms with Gasteiger partial charge in [0.2, 0.25) is 11.8 Å². The minimum atomic E-state index is -1.49. The SMILES string of the molecule is COc1ccc2c(c1F)C(=O)N(C[C@@]1(c3cc4nc(Nc5cn[nH]c5)ccc4o3)CC(=O)NC1=O)C2. The van der Waals surface area contributed by atoms with Crippen molar-refractivity contribution in [2.45, 2.75) is 18.4 Å². The molecule has 2 aliphatic heterocycles. The van der Waals surface area contributed by atoms with Crippen LogP contribution in [0.15, 0.2) is 47.1 Å². The van der Waals surface area contributed by atoms with Crippen molar-refractivity contribution >= 4 is 40.3 Å². The van der Waals surface area contributed by atoms with E-state index in [-0.39, 0.29) is 36.6 Å². The summed E-state index contributed by atoms with van der Waals surface area (Å²) in [4.78, 5) is 44.5. The van der Waals surface area contributed by atoms with E-state index in [4.69, 9.17) is 9.15 Å². The third kappa shape index (κ3) is 3.29. The Balaban J connectivity index is 1.36. The molecule has 2 aliphatic rings. The van der Waals surface area contributed by atoms with Crippen molar-refractivity contribution in [2.24, 2.45) is 0 Å². The van der Waals surface area contributed by atoms with Crippen LogP contribution in [0.2, 0.25) is 0 Å². The summed E-state index contributed by atoms with van der Waals surface area (Å²) in [5.74, 6) is -1.76. The number of ether oxygens (including phenoxy) is 1. The van der Waals surface area contributed by atoms with Crippen LogP contribution >= 0.6 is 0 Å². The normalized spacial score (nSPS) is 19.2. The summed E-state index contributed by atoms with van der Waals surface area (Å²) in [6.07, 6.45) is 3.04. The Labute approximate surface area is 202 Å². The van der Waals surface area contributed by atoms with Gasteiger partial charge in [-0.2, -0.15) is 5.10 Å². The lowest BCUT2D eigenvalue weighted by Crippen LogP contribution is -2.46. The lowest BCUT2D eigenvalue weighted by atomic mass is 9.82. The lowest BCUT2D eigenvalue weighted by molar-refractivity contribution is -0.127. The molecule has 0 spiro atoms. The largest absolute Gasteiger partial charge is 0.494 e. The fourth-order valence-corrected chi connectivity index (χ4v) is 4.75. The summed E-state index contributed by atoms with van der Waals surface area (Å²) in [7, 11) is 1.32. The minimum absolute atomic E-state index is 0.0457. The number of methoxy groups -OCH3 is 1. The molecule has 0 saturated carbocycles. The van der Waals surface area contributed by atoms with Gasteiger partial charge in [-0.15, -0.1) is 0 Å². The van der Waals surface area contributed by atoms with E-state index < -0.39 is 29.0 Å². The zero-order chi connectivity index (χ0) is 25.0. The zero-order valence-corrected chi connectivity index (χ0v) is 18.9. The van der Waals surface area contributed by atoms with Crippen molar-refractivity contribution in [1.82, 2.24) is 25.4 Å². The molecule has 12 heteroatoms. The molecule has 0 aliphatic carbocycles. The summed E-state index contributed by atoms with van der Waals surface area (Å²) >= 11 is 0. The number of aromatic nitrogens is 3. The van der Waals surface area contributed by atoms with E-state index in [1.807, 2.05) is 0 Å². The molecule has 1 fully saturated rings. The average Bonchev–Trinajstić information content (AvgIpc) is 3.62. The number of nitrogens with zero attached hydrogens (tertiary/aromatic N) is 3. The standard InChI is InChI=1S/C24H19FN6O5/c1-35-16-3-2-12-10-31(22(33)20(12)21(16)25)11-24(7-19(32)30-23(24)34)17-6-14-15(36-17)4-5-18(29-14)28-13-8-26-27-9-13/h2-6,8-9H,7,10-11H2,1H3,(H,26,27)(H,28,29)(H,30,32,34)/t24-/m1/s1. The van der Waals surface area contributed by atoms with Gasteiger partial charge in [0, 0.05) is 25.4 Å². The van der Waals surface area contributed by atoms with Gasteiger partial charge in [0.1, 0.15) is 22.5 Å². The lowest BCUT2D eigenvalue weighted by Gasteiger charge is -2.28. The van der Waals surface area contributed by atoms with Crippen molar-refractivity contribution in [3.05, 3.63) is 65.4 Å². The quantitative estimate of drug-likeness (QED) is 0.350. The number of furan rings is 1. The predicted octanol–water partition coefficient (Wildman–Crippen LogP) is 2.38. The number of benzene rings is 1. The van der Waals surface area contributed by atoms with Gasteiger partial charge in [-0.1, -0.05) is 6.07 Å². The molecular formula is C24H19FN6O5. The second-order valence-corrected chi connectivity index (χ2v) is 8.72. The molecule has 4 aromatic rings. The van der Waals surface area contributed by atoms with E-state index in [0.717, 1.165) is 0 Å². The number of imide groups is 1. The number of anilines is 2. The first-order chi connectivity index (χ1) is 17.4.